The van der Waals surface area contributed by atoms with Gasteiger partial charge in [-0.3, -0.25) is 14.6 Å². The fraction of sp³-hybridized carbons (Fsp3) is 0.750. The van der Waals surface area contributed by atoms with Crippen LogP contribution in [0.5, 0.6) is 0 Å². The van der Waals surface area contributed by atoms with E-state index in [4.69, 9.17) is 5.73 Å². The first kappa shape index (κ1) is 15.5. The Kier molecular flexibility index (Phi) is 4.78. The zero-order chi connectivity index (χ0) is 15.5. The molecule has 0 bridgehead atoms. The molecule has 2 aliphatic rings. The van der Waals surface area contributed by atoms with Crippen molar-refractivity contribution in [3.63, 3.8) is 0 Å². The van der Waals surface area contributed by atoms with Gasteiger partial charge >= 0.3 is 0 Å². The maximum absolute atomic E-state index is 11.4. The molecular formula is C16H27N5O. The van der Waals surface area contributed by atoms with E-state index in [1.807, 2.05) is 17.9 Å². The van der Waals surface area contributed by atoms with Gasteiger partial charge in [0.15, 0.2) is 0 Å². The van der Waals surface area contributed by atoms with Crippen molar-refractivity contribution < 1.29 is 4.79 Å². The van der Waals surface area contributed by atoms with Crippen LogP contribution in [0, 0.1) is 0 Å². The molecule has 2 atom stereocenters. The van der Waals surface area contributed by atoms with Gasteiger partial charge in [-0.15, -0.1) is 0 Å². The summed E-state index contributed by atoms with van der Waals surface area (Å²) in [6.07, 6.45) is 9.93. The standard InChI is InChI=1S/C16H27N5O/c1-19-9-13(18-12-19)10-20-8-4-6-15-14(20)5-2-3-7-21(15)11-16(17)22/h9,12,14-15H,2-8,10-11H2,1H3,(H2,17,22)/t14-,15-/m1/s1. The number of aromatic nitrogens is 2. The smallest absolute Gasteiger partial charge is 0.231 e. The van der Waals surface area contributed by atoms with Crippen LogP contribution in [-0.4, -0.2) is 57.0 Å². The van der Waals surface area contributed by atoms with Crippen LogP contribution in [0.3, 0.4) is 0 Å². The maximum Gasteiger partial charge on any atom is 0.231 e. The minimum absolute atomic E-state index is 0.206. The molecule has 1 aromatic rings. The average Bonchev–Trinajstić information content (AvgIpc) is 2.77. The predicted molar refractivity (Wildman–Crippen MR) is 85.0 cm³/mol. The Bertz CT molecular complexity index is 514. The lowest BCUT2D eigenvalue weighted by Gasteiger charge is -2.44. The lowest BCUT2D eigenvalue weighted by Crippen LogP contribution is -2.55. The zero-order valence-corrected chi connectivity index (χ0v) is 13.4. The Morgan fingerprint density at radius 2 is 1.95 bits per heavy atom. The largest absolute Gasteiger partial charge is 0.369 e. The van der Waals surface area contributed by atoms with Crippen LogP contribution < -0.4 is 5.73 Å². The molecule has 122 valence electrons. The summed E-state index contributed by atoms with van der Waals surface area (Å²) in [6.45, 7) is 3.44. The number of amides is 1. The maximum atomic E-state index is 11.4. The summed E-state index contributed by atoms with van der Waals surface area (Å²) in [5, 5.41) is 0. The highest BCUT2D eigenvalue weighted by Gasteiger charge is 2.36. The van der Waals surface area contributed by atoms with Crippen molar-refractivity contribution in [2.75, 3.05) is 19.6 Å². The van der Waals surface area contributed by atoms with Gasteiger partial charge in [-0.25, -0.2) is 4.98 Å². The van der Waals surface area contributed by atoms with Gasteiger partial charge in [0.1, 0.15) is 0 Å². The molecule has 0 unspecified atom stereocenters. The molecule has 2 fully saturated rings. The molecular weight excluding hydrogens is 278 g/mol. The number of hydrogen-bond donors (Lipinski definition) is 1. The third-order valence-corrected chi connectivity index (χ3v) is 5.00. The monoisotopic (exact) mass is 305 g/mol. The summed E-state index contributed by atoms with van der Waals surface area (Å²) >= 11 is 0. The summed E-state index contributed by atoms with van der Waals surface area (Å²) < 4.78 is 2.00. The van der Waals surface area contributed by atoms with E-state index in [-0.39, 0.29) is 5.91 Å². The number of aryl methyl sites for hydroxylation is 1. The first-order chi connectivity index (χ1) is 10.6. The van der Waals surface area contributed by atoms with E-state index in [0.717, 1.165) is 31.7 Å². The number of fused-ring (bicyclic) bond motifs is 1. The second-order valence-electron chi connectivity index (χ2n) is 6.71. The number of carbonyl (C=O) groups is 1. The zero-order valence-electron chi connectivity index (χ0n) is 13.4. The molecule has 3 rings (SSSR count). The summed E-state index contributed by atoms with van der Waals surface area (Å²) in [4.78, 5) is 20.7. The molecule has 1 amide bonds. The highest BCUT2D eigenvalue weighted by Crippen LogP contribution is 2.30. The van der Waals surface area contributed by atoms with Crippen molar-refractivity contribution in [2.45, 2.75) is 50.7 Å². The van der Waals surface area contributed by atoms with Crippen LogP contribution in [0.1, 0.15) is 37.8 Å². The Balaban J connectivity index is 1.73. The van der Waals surface area contributed by atoms with Gasteiger partial charge in [-0.05, 0) is 38.8 Å². The molecule has 6 heteroatoms. The molecule has 22 heavy (non-hydrogen) atoms. The molecule has 1 aromatic heterocycles. The van der Waals surface area contributed by atoms with Crippen molar-refractivity contribution in [3.8, 4) is 0 Å². The number of likely N-dealkylation sites (tertiary alicyclic amines) is 2. The number of imidazole rings is 1. The van der Waals surface area contributed by atoms with Gasteiger partial charge in [0, 0.05) is 31.9 Å². The number of primary amides is 1. The molecule has 3 heterocycles. The van der Waals surface area contributed by atoms with Crippen LogP contribution in [0.15, 0.2) is 12.5 Å². The summed E-state index contributed by atoms with van der Waals surface area (Å²) in [5.74, 6) is -0.206. The van der Waals surface area contributed by atoms with E-state index in [1.165, 1.54) is 25.7 Å². The average molecular weight is 305 g/mol. The second kappa shape index (κ2) is 6.79. The van der Waals surface area contributed by atoms with Crippen molar-refractivity contribution in [2.24, 2.45) is 12.8 Å². The molecule has 0 aromatic carbocycles. The third-order valence-electron chi connectivity index (χ3n) is 5.00. The van der Waals surface area contributed by atoms with Gasteiger partial charge in [0.25, 0.3) is 0 Å². The third kappa shape index (κ3) is 3.50. The quantitative estimate of drug-likeness (QED) is 0.890. The number of nitrogens with zero attached hydrogens (tertiary/aromatic N) is 4. The van der Waals surface area contributed by atoms with Gasteiger partial charge in [-0.1, -0.05) is 6.42 Å². The topological polar surface area (TPSA) is 67.4 Å². The van der Waals surface area contributed by atoms with Crippen molar-refractivity contribution in [3.05, 3.63) is 18.2 Å². The summed E-state index contributed by atoms with van der Waals surface area (Å²) in [7, 11) is 2.01. The molecule has 2 saturated heterocycles. The highest BCUT2D eigenvalue weighted by atomic mass is 16.1. The molecule has 0 aliphatic carbocycles. The van der Waals surface area contributed by atoms with Crippen LogP contribution in [0.2, 0.25) is 0 Å². The number of rotatable bonds is 4. The van der Waals surface area contributed by atoms with E-state index >= 15 is 0 Å². The van der Waals surface area contributed by atoms with Gasteiger partial charge in [-0.2, -0.15) is 0 Å². The number of nitrogens with two attached hydrogens (primary N) is 1. The molecule has 2 aliphatic heterocycles. The van der Waals surface area contributed by atoms with Crippen LogP contribution >= 0.6 is 0 Å². The van der Waals surface area contributed by atoms with Crippen molar-refractivity contribution in [1.82, 2.24) is 19.4 Å². The van der Waals surface area contributed by atoms with Crippen molar-refractivity contribution >= 4 is 5.91 Å². The van der Waals surface area contributed by atoms with Crippen LogP contribution in [0.4, 0.5) is 0 Å². The number of carbonyl (C=O) groups excluding carboxylic acids is 1. The first-order valence-corrected chi connectivity index (χ1v) is 8.37. The second-order valence-corrected chi connectivity index (χ2v) is 6.71. The summed E-state index contributed by atoms with van der Waals surface area (Å²) in [5.41, 5.74) is 6.58. The Labute approximate surface area is 132 Å². The molecule has 0 radical (unpaired) electrons. The van der Waals surface area contributed by atoms with Crippen LogP contribution in [-0.2, 0) is 18.4 Å². The van der Waals surface area contributed by atoms with Gasteiger partial charge in [0.2, 0.25) is 5.91 Å². The fourth-order valence-electron chi connectivity index (χ4n) is 4.09. The minimum Gasteiger partial charge on any atom is -0.369 e. The first-order valence-electron chi connectivity index (χ1n) is 8.37. The van der Waals surface area contributed by atoms with Crippen molar-refractivity contribution in [1.29, 1.82) is 0 Å². The van der Waals surface area contributed by atoms with Crippen LogP contribution in [0.25, 0.3) is 0 Å². The lowest BCUT2D eigenvalue weighted by atomic mass is 9.92. The van der Waals surface area contributed by atoms with Gasteiger partial charge < -0.3 is 10.3 Å². The van der Waals surface area contributed by atoms with E-state index in [1.54, 1.807) is 0 Å². The highest BCUT2D eigenvalue weighted by molar-refractivity contribution is 5.76. The van der Waals surface area contributed by atoms with E-state index < -0.39 is 0 Å². The summed E-state index contributed by atoms with van der Waals surface area (Å²) in [6, 6.07) is 0.991. The van der Waals surface area contributed by atoms with E-state index in [0.29, 0.717) is 18.6 Å². The molecule has 0 saturated carbocycles. The lowest BCUT2D eigenvalue weighted by molar-refractivity contribution is -0.120. The minimum atomic E-state index is -0.206. The SMILES string of the molecule is Cn1cnc(CN2CCC[C@@H]3[C@H]2CCCCN3CC(N)=O)c1. The molecule has 6 nitrogen and oxygen atoms in total. The molecule has 0 spiro atoms. The Morgan fingerprint density at radius 1 is 1.23 bits per heavy atom. The predicted octanol–water partition coefficient (Wildman–Crippen LogP) is 0.724. The Hall–Kier alpha value is -1.40. The fourth-order valence-corrected chi connectivity index (χ4v) is 4.09. The Morgan fingerprint density at radius 3 is 2.68 bits per heavy atom. The number of hydrogen-bond acceptors (Lipinski definition) is 4. The van der Waals surface area contributed by atoms with E-state index in [2.05, 4.69) is 21.0 Å². The van der Waals surface area contributed by atoms with E-state index in [9.17, 15) is 4.79 Å². The number of piperidine rings is 1. The normalized spacial score (nSPS) is 27.3. The molecule has 2 N–H and O–H groups in total. The van der Waals surface area contributed by atoms with Gasteiger partial charge in [0.05, 0.1) is 18.6 Å².